The van der Waals surface area contributed by atoms with E-state index in [1.54, 1.807) is 6.07 Å². The van der Waals surface area contributed by atoms with Crippen LogP contribution in [-0.4, -0.2) is 44.7 Å². The molecule has 176 valence electrons. The number of benzene rings is 2. The van der Waals surface area contributed by atoms with Gasteiger partial charge in [0, 0.05) is 0 Å². The number of amides is 2. The maximum Gasteiger partial charge on any atom is 0.334 e. The summed E-state index contributed by atoms with van der Waals surface area (Å²) in [5.41, 5.74) is 1.71. The summed E-state index contributed by atoms with van der Waals surface area (Å²) < 4.78 is 18.1. The molecule has 4 unspecified atom stereocenters. The Morgan fingerprint density at radius 1 is 1.21 bits per heavy atom. The second kappa shape index (κ2) is 11.2. The number of hydrogen-bond donors (Lipinski definition) is 1. The van der Waals surface area contributed by atoms with Gasteiger partial charge in [0.25, 0.3) is 5.91 Å². The summed E-state index contributed by atoms with van der Waals surface area (Å²) in [5, 5.41) is 9.82. The minimum Gasteiger partial charge on any atom is -0.597 e. The monoisotopic (exact) mass is 499 g/mol. The molecule has 10 heteroatoms. The van der Waals surface area contributed by atoms with Crippen LogP contribution in [0, 0.1) is 11.3 Å². The van der Waals surface area contributed by atoms with Gasteiger partial charge in [-0.05, 0) is 23.6 Å². The highest BCUT2D eigenvalue weighted by atomic mass is 35.7. The molecule has 8 nitrogen and oxygen atoms in total. The number of likely N-dealkylation sites (tertiary alicyclic amines) is 1. The molecule has 2 aromatic rings. The second-order valence-corrected chi connectivity index (χ2v) is 9.54. The molecule has 0 bridgehead atoms. The standard InChI is InChI=1S/C24H22ClN3O5S/c1-15(2)20(28-22(30)19(23(28)34(25)32)27-18(29)13-14-26)24(31)33-21(16-9-5-3-6-10-16)17-11-7-4-8-12-17/h3-12,19-21,23H,1,13H2,2H3,(H,27,29). The zero-order valence-electron chi connectivity index (χ0n) is 18.2. The predicted octanol–water partition coefficient (Wildman–Crippen LogP) is 2.73. The Labute approximate surface area is 204 Å². The van der Waals surface area contributed by atoms with Gasteiger partial charge in [0.15, 0.2) is 28.9 Å². The molecule has 34 heavy (non-hydrogen) atoms. The molecule has 4 atom stereocenters. The lowest BCUT2D eigenvalue weighted by Crippen LogP contribution is -2.75. The molecule has 0 spiro atoms. The third-order valence-corrected chi connectivity index (χ3v) is 6.66. The van der Waals surface area contributed by atoms with Crippen LogP contribution in [-0.2, 0) is 29.5 Å². The number of esters is 1. The van der Waals surface area contributed by atoms with Gasteiger partial charge in [0.05, 0.1) is 16.5 Å². The highest BCUT2D eigenvalue weighted by molar-refractivity contribution is 8.14. The molecule has 0 radical (unpaired) electrons. The van der Waals surface area contributed by atoms with Crippen molar-refractivity contribution in [3.8, 4) is 6.07 Å². The number of rotatable bonds is 9. The Morgan fingerprint density at radius 3 is 2.18 bits per heavy atom. The number of hydrogen-bond acceptors (Lipinski definition) is 6. The van der Waals surface area contributed by atoms with E-state index in [1.165, 1.54) is 6.92 Å². The van der Waals surface area contributed by atoms with Crippen LogP contribution in [0.3, 0.4) is 0 Å². The van der Waals surface area contributed by atoms with Crippen LogP contribution in [0.15, 0.2) is 72.8 Å². The summed E-state index contributed by atoms with van der Waals surface area (Å²) in [6.45, 7) is 5.35. The van der Waals surface area contributed by atoms with Crippen molar-refractivity contribution in [2.24, 2.45) is 0 Å². The van der Waals surface area contributed by atoms with Crippen LogP contribution in [0.2, 0.25) is 0 Å². The Morgan fingerprint density at radius 2 is 1.74 bits per heavy atom. The van der Waals surface area contributed by atoms with Crippen molar-refractivity contribution >= 4 is 38.9 Å². The lowest BCUT2D eigenvalue weighted by atomic mass is 9.98. The zero-order chi connectivity index (χ0) is 24.8. The lowest BCUT2D eigenvalue weighted by molar-refractivity contribution is -0.165. The molecule has 1 N–H and O–H groups in total. The van der Waals surface area contributed by atoms with Gasteiger partial charge < -0.3 is 14.6 Å². The second-order valence-electron chi connectivity index (χ2n) is 7.65. The van der Waals surface area contributed by atoms with Crippen molar-refractivity contribution in [3.05, 3.63) is 83.9 Å². The summed E-state index contributed by atoms with van der Waals surface area (Å²) in [4.78, 5) is 39.1. The van der Waals surface area contributed by atoms with E-state index in [0.29, 0.717) is 0 Å². The average Bonchev–Trinajstić information content (AvgIpc) is 2.82. The fourth-order valence-corrected chi connectivity index (χ4v) is 5.07. The summed E-state index contributed by atoms with van der Waals surface area (Å²) >= 11 is 0. The predicted molar refractivity (Wildman–Crippen MR) is 126 cm³/mol. The van der Waals surface area contributed by atoms with Crippen LogP contribution >= 0.6 is 10.7 Å². The molecule has 0 aromatic heterocycles. The van der Waals surface area contributed by atoms with E-state index >= 15 is 0 Å². The van der Waals surface area contributed by atoms with Crippen LogP contribution < -0.4 is 5.32 Å². The van der Waals surface area contributed by atoms with Crippen molar-refractivity contribution in [2.45, 2.75) is 36.9 Å². The van der Waals surface area contributed by atoms with Crippen LogP contribution in [0.4, 0.5) is 0 Å². The van der Waals surface area contributed by atoms with Crippen molar-refractivity contribution in [1.82, 2.24) is 10.2 Å². The highest BCUT2D eigenvalue weighted by Gasteiger charge is 2.60. The van der Waals surface area contributed by atoms with Crippen molar-refractivity contribution in [3.63, 3.8) is 0 Å². The molecule has 1 heterocycles. The molecule has 1 saturated heterocycles. The first kappa shape index (κ1) is 25.3. The Kier molecular flexibility index (Phi) is 8.34. The number of nitrogens with zero attached hydrogens (tertiary/aromatic N) is 2. The third kappa shape index (κ3) is 5.42. The molecule has 2 amide bonds. The molecule has 1 fully saturated rings. The SMILES string of the molecule is C=C(C)C(C(=O)OC(c1ccccc1)c1ccccc1)N1C(=O)C(NC(=O)CC#N)C1[S+]([O-])Cl. The number of carbonyl (C=O) groups excluding carboxylic acids is 3. The van der Waals surface area contributed by atoms with Gasteiger partial charge in [-0.2, -0.15) is 5.26 Å². The lowest BCUT2D eigenvalue weighted by Gasteiger charge is -2.47. The molecule has 1 aliphatic rings. The molecule has 3 rings (SSSR count). The average molecular weight is 500 g/mol. The van der Waals surface area contributed by atoms with Gasteiger partial charge in [-0.15, -0.1) is 0 Å². The fraction of sp³-hybridized carbons (Fsp3) is 0.250. The topological polar surface area (TPSA) is 123 Å². The van der Waals surface area contributed by atoms with Gasteiger partial charge in [0.1, 0.15) is 6.42 Å². The number of nitriles is 1. The minimum absolute atomic E-state index is 0.271. The molecule has 0 aliphatic carbocycles. The number of nitrogens with one attached hydrogen (secondary N) is 1. The first-order valence-electron chi connectivity index (χ1n) is 10.3. The van der Waals surface area contributed by atoms with Gasteiger partial charge in [-0.25, -0.2) is 4.79 Å². The summed E-state index contributed by atoms with van der Waals surface area (Å²) in [6.07, 6.45) is -1.24. The Hall–Kier alpha value is -3.32. The largest absolute Gasteiger partial charge is 0.597 e. The summed E-state index contributed by atoms with van der Waals surface area (Å²) in [7, 11) is 3.69. The van der Waals surface area contributed by atoms with Crippen LogP contribution in [0.5, 0.6) is 0 Å². The van der Waals surface area contributed by atoms with Gasteiger partial charge in [-0.3, -0.25) is 14.5 Å². The van der Waals surface area contributed by atoms with E-state index in [4.69, 9.17) is 20.7 Å². The van der Waals surface area contributed by atoms with E-state index in [1.807, 2.05) is 60.7 Å². The van der Waals surface area contributed by atoms with Crippen LogP contribution in [0.1, 0.15) is 30.6 Å². The Balaban J connectivity index is 1.88. The van der Waals surface area contributed by atoms with Crippen molar-refractivity contribution in [2.75, 3.05) is 0 Å². The molecular weight excluding hydrogens is 478 g/mol. The van der Waals surface area contributed by atoms with E-state index in [-0.39, 0.29) is 5.57 Å². The summed E-state index contributed by atoms with van der Waals surface area (Å²) in [5.74, 6) is -2.17. The number of ether oxygens (including phenoxy) is 1. The molecule has 2 aromatic carbocycles. The van der Waals surface area contributed by atoms with E-state index in [9.17, 15) is 18.9 Å². The number of halogens is 1. The zero-order valence-corrected chi connectivity index (χ0v) is 19.8. The molecular formula is C24H22ClN3O5S. The molecule has 1 aliphatic heterocycles. The smallest absolute Gasteiger partial charge is 0.334 e. The highest BCUT2D eigenvalue weighted by Crippen LogP contribution is 2.34. The maximum atomic E-state index is 13.4. The van der Waals surface area contributed by atoms with E-state index in [0.717, 1.165) is 16.0 Å². The summed E-state index contributed by atoms with van der Waals surface area (Å²) in [6, 6.07) is 17.3. The quantitative estimate of drug-likeness (QED) is 0.245. The van der Waals surface area contributed by atoms with Crippen molar-refractivity contribution < 1.29 is 23.7 Å². The first-order chi connectivity index (χ1) is 16.3. The number of carbonyl (C=O) groups is 3. The third-order valence-electron chi connectivity index (χ3n) is 5.23. The maximum absolute atomic E-state index is 13.4. The Bertz CT molecular complexity index is 1070. The normalized spacial score (nSPS) is 18.9. The number of β-lactam (4-membered cyclic amide) rings is 1. The fourth-order valence-electron chi connectivity index (χ4n) is 3.70. The van der Waals surface area contributed by atoms with Crippen molar-refractivity contribution in [1.29, 1.82) is 5.26 Å². The van der Waals surface area contributed by atoms with E-state index < -0.39 is 58.2 Å². The first-order valence-corrected chi connectivity index (χ1v) is 12.3. The van der Waals surface area contributed by atoms with Gasteiger partial charge >= 0.3 is 5.97 Å². The van der Waals surface area contributed by atoms with Gasteiger partial charge in [0.2, 0.25) is 11.3 Å². The van der Waals surface area contributed by atoms with Gasteiger partial charge in [-0.1, -0.05) is 67.2 Å². The van der Waals surface area contributed by atoms with E-state index in [2.05, 4.69) is 11.9 Å². The minimum atomic E-state index is -2.13. The van der Waals surface area contributed by atoms with Crippen LogP contribution in [0.25, 0.3) is 0 Å². The molecule has 0 saturated carbocycles.